The molecule has 0 unspecified atom stereocenters. The van der Waals surface area contributed by atoms with Gasteiger partial charge in [0, 0.05) is 24.6 Å². The lowest BCUT2D eigenvalue weighted by Gasteiger charge is -2.14. The van der Waals surface area contributed by atoms with E-state index in [0.717, 1.165) is 52.7 Å². The number of unbranched alkanes of at least 4 members (excludes halogenated alkanes) is 1. The van der Waals surface area contributed by atoms with E-state index in [4.69, 9.17) is 9.72 Å². The standard InChI is InChI=1S/C23H25N3O3/c1-16-9-10-20-18(13-16)24-22(25(20)11-5-6-12-27)15-26-19-8-4-3-7-17(19)21(29-2)14-23(26)28/h3-4,7-10,13-14,27H,5-6,11-12,15H2,1-2H3. The number of hydrogen-bond donors (Lipinski definition) is 1. The lowest BCUT2D eigenvalue weighted by Crippen LogP contribution is -2.22. The number of hydrogen-bond acceptors (Lipinski definition) is 4. The minimum Gasteiger partial charge on any atom is -0.496 e. The second kappa shape index (κ2) is 8.09. The summed E-state index contributed by atoms with van der Waals surface area (Å²) in [5, 5.41) is 10.1. The molecule has 29 heavy (non-hydrogen) atoms. The van der Waals surface area contributed by atoms with Crippen LogP contribution in [0.1, 0.15) is 24.2 Å². The first kappa shape index (κ1) is 19.2. The van der Waals surface area contributed by atoms with E-state index in [2.05, 4.69) is 22.8 Å². The average molecular weight is 391 g/mol. The number of aliphatic hydroxyl groups is 1. The van der Waals surface area contributed by atoms with Gasteiger partial charge in [-0.15, -0.1) is 0 Å². The SMILES string of the molecule is COc1cc(=O)n(Cc2nc3cc(C)ccc3n2CCCCO)c2ccccc12. The fraction of sp³-hybridized carbons (Fsp3) is 0.304. The van der Waals surface area contributed by atoms with Crippen molar-refractivity contribution in [2.24, 2.45) is 0 Å². The van der Waals surface area contributed by atoms with E-state index in [1.54, 1.807) is 11.7 Å². The maximum absolute atomic E-state index is 12.9. The third kappa shape index (κ3) is 3.63. The zero-order chi connectivity index (χ0) is 20.4. The Kier molecular flexibility index (Phi) is 5.36. The van der Waals surface area contributed by atoms with Gasteiger partial charge in [-0.1, -0.05) is 18.2 Å². The van der Waals surface area contributed by atoms with Crippen LogP contribution in [0.3, 0.4) is 0 Å². The Morgan fingerprint density at radius 1 is 1.03 bits per heavy atom. The van der Waals surface area contributed by atoms with Crippen LogP contribution >= 0.6 is 0 Å². The van der Waals surface area contributed by atoms with Crippen molar-refractivity contribution in [3.63, 3.8) is 0 Å². The number of aromatic nitrogens is 3. The molecular formula is C23H25N3O3. The van der Waals surface area contributed by atoms with Crippen molar-refractivity contribution in [1.82, 2.24) is 14.1 Å². The van der Waals surface area contributed by atoms with Gasteiger partial charge in [-0.05, 0) is 49.6 Å². The summed E-state index contributed by atoms with van der Waals surface area (Å²) in [5.74, 6) is 1.41. The molecule has 0 saturated carbocycles. The van der Waals surface area contributed by atoms with Gasteiger partial charge in [0.25, 0.3) is 5.56 Å². The largest absolute Gasteiger partial charge is 0.496 e. The number of benzene rings is 2. The van der Waals surface area contributed by atoms with Gasteiger partial charge >= 0.3 is 0 Å². The zero-order valence-corrected chi connectivity index (χ0v) is 16.8. The van der Waals surface area contributed by atoms with Gasteiger partial charge in [0.15, 0.2) is 0 Å². The highest BCUT2D eigenvalue weighted by atomic mass is 16.5. The predicted octanol–water partition coefficient (Wildman–Crippen LogP) is 3.49. The summed E-state index contributed by atoms with van der Waals surface area (Å²) >= 11 is 0. The van der Waals surface area contributed by atoms with Crippen LogP contribution in [0, 0.1) is 6.92 Å². The van der Waals surface area contributed by atoms with E-state index >= 15 is 0 Å². The van der Waals surface area contributed by atoms with Crippen LogP contribution < -0.4 is 10.3 Å². The number of methoxy groups -OCH3 is 1. The summed E-state index contributed by atoms with van der Waals surface area (Å²) in [6, 6.07) is 15.5. The van der Waals surface area contributed by atoms with E-state index < -0.39 is 0 Å². The Balaban J connectivity index is 1.85. The Hall–Kier alpha value is -3.12. The Morgan fingerprint density at radius 2 is 1.86 bits per heavy atom. The Morgan fingerprint density at radius 3 is 2.66 bits per heavy atom. The van der Waals surface area contributed by atoms with Crippen molar-refractivity contribution in [3.8, 4) is 5.75 Å². The van der Waals surface area contributed by atoms with E-state index in [1.165, 1.54) is 6.07 Å². The van der Waals surface area contributed by atoms with Crippen LogP contribution in [-0.2, 0) is 13.1 Å². The van der Waals surface area contributed by atoms with Crippen LogP contribution in [0.25, 0.3) is 21.9 Å². The number of imidazole rings is 1. The van der Waals surface area contributed by atoms with Crippen molar-refractivity contribution in [3.05, 3.63) is 70.3 Å². The molecule has 1 N–H and O–H groups in total. The molecule has 0 amide bonds. The maximum Gasteiger partial charge on any atom is 0.255 e. The molecular weight excluding hydrogens is 366 g/mol. The molecule has 0 saturated heterocycles. The zero-order valence-electron chi connectivity index (χ0n) is 16.8. The van der Waals surface area contributed by atoms with Gasteiger partial charge < -0.3 is 19.0 Å². The van der Waals surface area contributed by atoms with Gasteiger partial charge in [0.05, 0.1) is 30.2 Å². The quantitative estimate of drug-likeness (QED) is 0.490. The van der Waals surface area contributed by atoms with E-state index in [1.807, 2.05) is 31.2 Å². The first-order chi connectivity index (χ1) is 14.1. The first-order valence-electron chi connectivity index (χ1n) is 9.85. The fourth-order valence-corrected chi connectivity index (χ4v) is 3.82. The van der Waals surface area contributed by atoms with E-state index in [0.29, 0.717) is 12.3 Å². The maximum atomic E-state index is 12.9. The van der Waals surface area contributed by atoms with Crippen molar-refractivity contribution in [2.45, 2.75) is 32.9 Å². The summed E-state index contributed by atoms with van der Waals surface area (Å²) in [6.45, 7) is 3.34. The monoisotopic (exact) mass is 391 g/mol. The van der Waals surface area contributed by atoms with Crippen LogP contribution in [0.2, 0.25) is 0 Å². The van der Waals surface area contributed by atoms with Crippen molar-refractivity contribution in [1.29, 1.82) is 0 Å². The minimum absolute atomic E-state index is 0.120. The van der Waals surface area contributed by atoms with Crippen LogP contribution in [-0.4, -0.2) is 32.9 Å². The second-order valence-corrected chi connectivity index (χ2v) is 7.26. The molecule has 6 nitrogen and oxygen atoms in total. The molecule has 4 rings (SSSR count). The fourth-order valence-electron chi connectivity index (χ4n) is 3.82. The number of pyridine rings is 1. The molecule has 0 spiro atoms. The first-order valence-corrected chi connectivity index (χ1v) is 9.85. The van der Waals surface area contributed by atoms with Crippen molar-refractivity contribution in [2.75, 3.05) is 13.7 Å². The van der Waals surface area contributed by atoms with Crippen LogP contribution in [0.4, 0.5) is 0 Å². The third-order valence-corrected chi connectivity index (χ3v) is 5.27. The smallest absolute Gasteiger partial charge is 0.255 e. The van der Waals surface area contributed by atoms with Gasteiger partial charge in [0.1, 0.15) is 11.6 Å². The highest BCUT2D eigenvalue weighted by Crippen LogP contribution is 2.25. The molecule has 0 aliphatic rings. The molecule has 6 heteroatoms. The molecule has 2 heterocycles. The summed E-state index contributed by atoms with van der Waals surface area (Å²) < 4.78 is 9.31. The predicted molar refractivity (Wildman–Crippen MR) is 115 cm³/mol. The van der Waals surface area contributed by atoms with Gasteiger partial charge in [0.2, 0.25) is 0 Å². The van der Waals surface area contributed by atoms with E-state index in [9.17, 15) is 9.90 Å². The summed E-state index contributed by atoms with van der Waals surface area (Å²) in [5.41, 5.74) is 3.83. The van der Waals surface area contributed by atoms with Crippen LogP contribution in [0.5, 0.6) is 5.75 Å². The van der Waals surface area contributed by atoms with Crippen molar-refractivity contribution >= 4 is 21.9 Å². The molecule has 2 aromatic carbocycles. The summed E-state index contributed by atoms with van der Waals surface area (Å²) in [6.07, 6.45) is 1.58. The molecule has 0 aliphatic heterocycles. The molecule has 0 atom stereocenters. The number of nitrogens with zero attached hydrogens (tertiary/aromatic N) is 3. The van der Waals surface area contributed by atoms with Crippen LogP contribution in [0.15, 0.2) is 53.3 Å². The highest BCUT2D eigenvalue weighted by Gasteiger charge is 2.15. The lowest BCUT2D eigenvalue weighted by molar-refractivity contribution is 0.281. The molecule has 0 aliphatic carbocycles. The summed E-state index contributed by atoms with van der Waals surface area (Å²) in [4.78, 5) is 17.7. The number of aryl methyl sites for hydroxylation is 2. The normalized spacial score (nSPS) is 11.4. The number of fused-ring (bicyclic) bond motifs is 2. The molecule has 0 bridgehead atoms. The number of para-hydroxylation sites is 1. The minimum atomic E-state index is -0.120. The third-order valence-electron chi connectivity index (χ3n) is 5.27. The van der Waals surface area contributed by atoms with Gasteiger partial charge in [-0.2, -0.15) is 0 Å². The molecule has 2 aromatic heterocycles. The Labute approximate surface area is 169 Å². The second-order valence-electron chi connectivity index (χ2n) is 7.26. The topological polar surface area (TPSA) is 69.3 Å². The number of rotatable bonds is 7. The van der Waals surface area contributed by atoms with E-state index in [-0.39, 0.29) is 12.2 Å². The summed E-state index contributed by atoms with van der Waals surface area (Å²) in [7, 11) is 1.58. The average Bonchev–Trinajstić information content (AvgIpc) is 3.06. The van der Waals surface area contributed by atoms with Gasteiger partial charge in [-0.25, -0.2) is 4.98 Å². The molecule has 150 valence electrons. The highest BCUT2D eigenvalue weighted by molar-refractivity contribution is 5.85. The molecule has 0 fully saturated rings. The molecule has 0 radical (unpaired) electrons. The number of aliphatic hydroxyl groups excluding tert-OH is 1. The van der Waals surface area contributed by atoms with Gasteiger partial charge in [-0.3, -0.25) is 4.79 Å². The lowest BCUT2D eigenvalue weighted by atomic mass is 10.2. The molecule has 4 aromatic rings. The van der Waals surface area contributed by atoms with Crippen molar-refractivity contribution < 1.29 is 9.84 Å². The number of ether oxygens (including phenoxy) is 1. The Bertz CT molecular complexity index is 1220.